The van der Waals surface area contributed by atoms with Gasteiger partial charge in [-0.2, -0.15) is 0 Å². The highest BCUT2D eigenvalue weighted by Crippen LogP contribution is 2.33. The monoisotopic (exact) mass is 482 g/mol. The van der Waals surface area contributed by atoms with Gasteiger partial charge in [-0.25, -0.2) is 14.2 Å². The topological polar surface area (TPSA) is 112 Å². The SMILES string of the molecule is Cc1c(CN(C)C(=O)/C=C/c2cnc3c(c2)CC[C@H](NC(=O)O)C(=O)N3)sc2c(F)cccc12. The minimum atomic E-state index is -1.26. The number of aromatic nitrogens is 1. The van der Waals surface area contributed by atoms with Crippen molar-refractivity contribution in [2.24, 2.45) is 0 Å². The van der Waals surface area contributed by atoms with Gasteiger partial charge in [-0.3, -0.25) is 9.59 Å². The zero-order valence-electron chi connectivity index (χ0n) is 18.6. The van der Waals surface area contributed by atoms with Crippen molar-refractivity contribution >= 4 is 51.2 Å². The number of carbonyl (C=O) groups excluding carboxylic acids is 2. The molecule has 3 amide bonds. The number of nitrogens with zero attached hydrogens (tertiary/aromatic N) is 2. The molecule has 3 heterocycles. The van der Waals surface area contributed by atoms with Crippen molar-refractivity contribution in [3.05, 3.63) is 63.9 Å². The summed E-state index contributed by atoms with van der Waals surface area (Å²) >= 11 is 1.35. The van der Waals surface area contributed by atoms with Gasteiger partial charge in [-0.1, -0.05) is 12.1 Å². The molecule has 0 saturated heterocycles. The number of carboxylic acid groups (broad SMARTS) is 1. The summed E-state index contributed by atoms with van der Waals surface area (Å²) in [6.45, 7) is 2.29. The number of pyridine rings is 1. The summed E-state index contributed by atoms with van der Waals surface area (Å²) in [7, 11) is 1.69. The van der Waals surface area contributed by atoms with Crippen LogP contribution in [0.4, 0.5) is 15.0 Å². The van der Waals surface area contributed by atoms with Gasteiger partial charge in [-0.15, -0.1) is 11.3 Å². The van der Waals surface area contributed by atoms with Crippen molar-refractivity contribution in [3.63, 3.8) is 0 Å². The van der Waals surface area contributed by atoms with E-state index in [0.717, 1.165) is 21.4 Å². The highest BCUT2D eigenvalue weighted by Gasteiger charge is 2.25. The van der Waals surface area contributed by atoms with Crippen LogP contribution in [0.3, 0.4) is 0 Å². The van der Waals surface area contributed by atoms with Gasteiger partial charge in [0.25, 0.3) is 0 Å². The van der Waals surface area contributed by atoms with E-state index in [1.165, 1.54) is 29.7 Å². The molecule has 176 valence electrons. The number of anilines is 1. The molecule has 0 unspecified atom stereocenters. The summed E-state index contributed by atoms with van der Waals surface area (Å²) in [5.74, 6) is -0.549. The number of hydrogen-bond acceptors (Lipinski definition) is 5. The molecule has 1 aliphatic rings. The highest BCUT2D eigenvalue weighted by molar-refractivity contribution is 7.19. The number of amides is 3. The number of thiophene rings is 1. The lowest BCUT2D eigenvalue weighted by molar-refractivity contribution is -0.125. The van der Waals surface area contributed by atoms with Gasteiger partial charge in [-0.05, 0) is 60.1 Å². The van der Waals surface area contributed by atoms with Crippen molar-refractivity contribution in [2.75, 3.05) is 12.4 Å². The van der Waals surface area contributed by atoms with Crippen molar-refractivity contribution in [2.45, 2.75) is 32.4 Å². The van der Waals surface area contributed by atoms with E-state index in [4.69, 9.17) is 5.11 Å². The third kappa shape index (κ3) is 4.91. The fraction of sp³-hybridized carbons (Fsp3) is 0.250. The first-order chi connectivity index (χ1) is 16.2. The quantitative estimate of drug-likeness (QED) is 0.477. The van der Waals surface area contributed by atoms with Crippen LogP contribution in [-0.4, -0.2) is 46.0 Å². The normalized spacial score (nSPS) is 15.6. The van der Waals surface area contributed by atoms with E-state index in [-0.39, 0.29) is 11.7 Å². The molecule has 8 nitrogen and oxygen atoms in total. The Hall–Kier alpha value is -3.79. The second-order valence-corrected chi connectivity index (χ2v) is 9.21. The molecule has 1 aliphatic heterocycles. The number of aryl methyl sites for hydroxylation is 2. The lowest BCUT2D eigenvalue weighted by Gasteiger charge is -2.14. The maximum absolute atomic E-state index is 14.1. The number of rotatable bonds is 5. The Bertz CT molecular complexity index is 1320. The molecule has 1 atom stereocenters. The van der Waals surface area contributed by atoms with Crippen molar-refractivity contribution < 1.29 is 23.9 Å². The Morgan fingerprint density at radius 3 is 2.94 bits per heavy atom. The fourth-order valence-corrected chi connectivity index (χ4v) is 5.11. The first-order valence-electron chi connectivity index (χ1n) is 10.6. The number of nitrogens with one attached hydrogen (secondary N) is 2. The molecule has 0 radical (unpaired) electrons. The van der Waals surface area contributed by atoms with Crippen LogP contribution < -0.4 is 10.6 Å². The number of halogens is 1. The molecule has 0 saturated carbocycles. The van der Waals surface area contributed by atoms with Gasteiger partial charge in [0, 0.05) is 24.2 Å². The van der Waals surface area contributed by atoms with Gasteiger partial charge >= 0.3 is 6.09 Å². The third-order valence-electron chi connectivity index (χ3n) is 5.74. The average molecular weight is 483 g/mol. The van der Waals surface area contributed by atoms with Crippen LogP contribution in [0.5, 0.6) is 0 Å². The molecule has 3 N–H and O–H groups in total. The maximum atomic E-state index is 14.1. The maximum Gasteiger partial charge on any atom is 0.405 e. The van der Waals surface area contributed by atoms with Crippen LogP contribution >= 0.6 is 11.3 Å². The van der Waals surface area contributed by atoms with E-state index < -0.39 is 18.0 Å². The van der Waals surface area contributed by atoms with Crippen molar-refractivity contribution in [1.29, 1.82) is 0 Å². The predicted molar refractivity (Wildman–Crippen MR) is 128 cm³/mol. The van der Waals surface area contributed by atoms with E-state index >= 15 is 0 Å². The second kappa shape index (κ2) is 9.60. The smallest absolute Gasteiger partial charge is 0.405 e. The minimum absolute atomic E-state index is 0.216. The van der Waals surface area contributed by atoms with Crippen LogP contribution in [-0.2, 0) is 22.6 Å². The highest BCUT2D eigenvalue weighted by atomic mass is 32.1. The summed E-state index contributed by atoms with van der Waals surface area (Å²) in [4.78, 5) is 42.5. The van der Waals surface area contributed by atoms with Crippen LogP contribution in [0.15, 0.2) is 36.5 Å². The molecular weight excluding hydrogens is 459 g/mol. The molecule has 10 heteroatoms. The summed E-state index contributed by atoms with van der Waals surface area (Å²) in [6, 6.07) is 5.95. The standard InChI is InChI=1S/C24H23FN4O4S/c1-13-16-4-3-5-17(25)21(16)34-19(13)12-29(2)20(30)9-6-14-10-15-7-8-18(27-24(32)33)23(31)28-22(15)26-11-14/h3-6,9-11,18,27H,7-8,12H2,1-2H3,(H,32,33)(H,26,28,31)/b9-6+/t18-/m0/s1. The zero-order valence-corrected chi connectivity index (χ0v) is 19.4. The Morgan fingerprint density at radius 2 is 2.21 bits per heavy atom. The summed E-state index contributed by atoms with van der Waals surface area (Å²) in [5.41, 5.74) is 2.41. The molecule has 0 aliphatic carbocycles. The molecule has 0 spiro atoms. The number of likely N-dealkylation sites (N-methyl/N-ethyl adjacent to an activating group) is 1. The van der Waals surface area contributed by atoms with Gasteiger partial charge in [0.05, 0.1) is 11.2 Å². The lowest BCUT2D eigenvalue weighted by atomic mass is 10.1. The van der Waals surface area contributed by atoms with Crippen LogP contribution in [0, 0.1) is 12.7 Å². The second-order valence-electron chi connectivity index (χ2n) is 8.10. The molecule has 34 heavy (non-hydrogen) atoms. The number of fused-ring (bicyclic) bond motifs is 2. The zero-order chi connectivity index (χ0) is 24.4. The van der Waals surface area contributed by atoms with Crippen LogP contribution in [0.25, 0.3) is 16.2 Å². The van der Waals surface area contributed by atoms with E-state index in [2.05, 4.69) is 15.6 Å². The molecule has 4 rings (SSSR count). The number of benzene rings is 1. The molecule has 0 bridgehead atoms. The fourth-order valence-electron chi connectivity index (χ4n) is 3.84. The van der Waals surface area contributed by atoms with Crippen LogP contribution in [0.2, 0.25) is 0 Å². The Morgan fingerprint density at radius 1 is 1.41 bits per heavy atom. The Labute approximate surface area is 199 Å². The molecule has 2 aromatic heterocycles. The lowest BCUT2D eigenvalue weighted by Crippen LogP contribution is -2.42. The van der Waals surface area contributed by atoms with Gasteiger partial charge < -0.3 is 20.6 Å². The Kier molecular flexibility index (Phi) is 6.60. The Balaban J connectivity index is 1.44. The minimum Gasteiger partial charge on any atom is -0.465 e. The van der Waals surface area contributed by atoms with E-state index in [0.29, 0.717) is 35.5 Å². The largest absolute Gasteiger partial charge is 0.465 e. The summed E-state index contributed by atoms with van der Waals surface area (Å²) < 4.78 is 14.7. The van der Waals surface area contributed by atoms with Gasteiger partial charge in [0.1, 0.15) is 17.7 Å². The summed E-state index contributed by atoms with van der Waals surface area (Å²) in [6.07, 6.45) is 4.11. The van der Waals surface area contributed by atoms with E-state index in [9.17, 15) is 18.8 Å². The van der Waals surface area contributed by atoms with Gasteiger partial charge in [0.2, 0.25) is 11.8 Å². The molecule has 1 aromatic carbocycles. The molecule has 0 fully saturated rings. The molecular formula is C24H23FN4O4S. The van der Waals surface area contributed by atoms with Gasteiger partial charge in [0.15, 0.2) is 0 Å². The summed E-state index contributed by atoms with van der Waals surface area (Å²) in [5, 5.41) is 14.6. The van der Waals surface area contributed by atoms with Crippen LogP contribution in [0.1, 0.15) is 28.0 Å². The first kappa shape index (κ1) is 23.4. The number of hydrogen-bond donors (Lipinski definition) is 3. The first-order valence-corrected chi connectivity index (χ1v) is 11.4. The average Bonchev–Trinajstić information content (AvgIpc) is 3.03. The van der Waals surface area contributed by atoms with Crippen molar-refractivity contribution in [1.82, 2.24) is 15.2 Å². The number of carbonyl (C=O) groups is 3. The third-order valence-corrected chi connectivity index (χ3v) is 7.04. The molecule has 3 aromatic rings. The van der Waals surface area contributed by atoms with E-state index in [1.807, 2.05) is 19.1 Å². The van der Waals surface area contributed by atoms with Crippen molar-refractivity contribution in [3.8, 4) is 0 Å². The van der Waals surface area contributed by atoms with E-state index in [1.54, 1.807) is 24.1 Å². The predicted octanol–water partition coefficient (Wildman–Crippen LogP) is 3.94.